The van der Waals surface area contributed by atoms with Gasteiger partial charge in [-0.25, -0.2) is 9.67 Å². The van der Waals surface area contributed by atoms with Gasteiger partial charge in [0.15, 0.2) is 11.5 Å². The highest BCUT2D eigenvalue weighted by atomic mass is 16.2. The number of carbonyl (C=O) groups excluding carboxylic acids is 1. The highest BCUT2D eigenvalue weighted by molar-refractivity contribution is 6.05. The number of hydrogen-bond acceptors (Lipinski definition) is 5. The summed E-state index contributed by atoms with van der Waals surface area (Å²) < 4.78 is 1.49. The Labute approximate surface area is 133 Å². The van der Waals surface area contributed by atoms with Crippen LogP contribution in [-0.4, -0.2) is 37.4 Å². The van der Waals surface area contributed by atoms with Crippen molar-refractivity contribution < 1.29 is 4.79 Å². The van der Waals surface area contributed by atoms with E-state index in [-0.39, 0.29) is 5.91 Å². The van der Waals surface area contributed by atoms with E-state index >= 15 is 0 Å². The normalized spacial score (nSPS) is 10.5. The number of aromatic nitrogens is 5. The monoisotopic (exact) mass is 308 g/mol. The summed E-state index contributed by atoms with van der Waals surface area (Å²) >= 11 is 0. The van der Waals surface area contributed by atoms with E-state index in [0.717, 1.165) is 11.3 Å². The Morgan fingerprint density at radius 2 is 2.00 bits per heavy atom. The topological polar surface area (TPSA) is 76.8 Å². The molecule has 7 heteroatoms. The van der Waals surface area contributed by atoms with Gasteiger partial charge in [-0.3, -0.25) is 4.79 Å². The Morgan fingerprint density at radius 3 is 2.61 bits per heavy atom. The van der Waals surface area contributed by atoms with Gasteiger partial charge in [-0.05, 0) is 37.6 Å². The van der Waals surface area contributed by atoms with E-state index in [4.69, 9.17) is 0 Å². The van der Waals surface area contributed by atoms with Gasteiger partial charge in [-0.2, -0.15) is 5.10 Å². The molecular weight excluding hydrogens is 292 g/mol. The molecule has 3 rings (SSSR count). The minimum absolute atomic E-state index is 0.181. The van der Waals surface area contributed by atoms with Crippen LogP contribution in [0.25, 0.3) is 5.82 Å². The lowest BCUT2D eigenvalue weighted by Crippen LogP contribution is -2.32. The molecule has 0 radical (unpaired) electrons. The van der Waals surface area contributed by atoms with Crippen molar-refractivity contribution >= 4 is 11.6 Å². The third-order valence-corrected chi connectivity index (χ3v) is 3.49. The summed E-state index contributed by atoms with van der Waals surface area (Å²) in [6.07, 6.45) is 2.94. The molecule has 116 valence electrons. The molecule has 0 bridgehead atoms. The molecule has 2 heterocycles. The number of aryl methyl sites for hydroxylation is 1. The van der Waals surface area contributed by atoms with E-state index in [1.807, 2.05) is 38.1 Å². The minimum atomic E-state index is -0.181. The summed E-state index contributed by atoms with van der Waals surface area (Å²) in [6, 6.07) is 11.1. The Hall–Kier alpha value is -3.09. The summed E-state index contributed by atoms with van der Waals surface area (Å²) in [5.41, 5.74) is 2.20. The first-order valence-corrected chi connectivity index (χ1v) is 7.27. The van der Waals surface area contributed by atoms with Crippen molar-refractivity contribution in [3.8, 4) is 5.82 Å². The van der Waals surface area contributed by atoms with Gasteiger partial charge in [0.05, 0.1) is 0 Å². The highest BCUT2D eigenvalue weighted by Gasteiger charge is 2.19. The molecule has 0 aliphatic carbocycles. The standard InChI is InChI=1S/C16H16N6O/c1-3-21(14-7-5-4-6-12(14)2)16(23)13-8-9-15(20-19-13)22-11-17-10-18-22/h4-11H,3H2,1-2H3. The summed E-state index contributed by atoms with van der Waals surface area (Å²) in [5, 5.41) is 12.0. The lowest BCUT2D eigenvalue weighted by Gasteiger charge is -2.22. The third-order valence-electron chi connectivity index (χ3n) is 3.49. The number of hydrogen-bond donors (Lipinski definition) is 0. The Kier molecular flexibility index (Phi) is 4.09. The van der Waals surface area contributed by atoms with Crippen LogP contribution < -0.4 is 4.90 Å². The van der Waals surface area contributed by atoms with Gasteiger partial charge in [0.2, 0.25) is 0 Å². The largest absolute Gasteiger partial charge is 0.307 e. The molecule has 3 aromatic rings. The Balaban J connectivity index is 1.88. The van der Waals surface area contributed by atoms with E-state index in [9.17, 15) is 4.79 Å². The van der Waals surface area contributed by atoms with E-state index in [0.29, 0.717) is 18.1 Å². The molecule has 23 heavy (non-hydrogen) atoms. The third kappa shape index (κ3) is 2.94. The fourth-order valence-electron chi connectivity index (χ4n) is 2.32. The van der Waals surface area contributed by atoms with Crippen molar-refractivity contribution in [2.75, 3.05) is 11.4 Å². The molecule has 2 aromatic heterocycles. The zero-order valence-corrected chi connectivity index (χ0v) is 12.9. The van der Waals surface area contributed by atoms with Gasteiger partial charge in [0, 0.05) is 12.2 Å². The second-order valence-corrected chi connectivity index (χ2v) is 4.95. The molecule has 7 nitrogen and oxygen atoms in total. The lowest BCUT2D eigenvalue weighted by molar-refractivity contribution is 0.0982. The molecule has 0 saturated heterocycles. The van der Waals surface area contributed by atoms with Crippen LogP contribution in [0.15, 0.2) is 49.1 Å². The second-order valence-electron chi connectivity index (χ2n) is 4.95. The van der Waals surface area contributed by atoms with Gasteiger partial charge in [0.1, 0.15) is 12.7 Å². The summed E-state index contributed by atoms with van der Waals surface area (Å²) in [4.78, 5) is 18.3. The van der Waals surface area contributed by atoms with Crippen molar-refractivity contribution in [3.63, 3.8) is 0 Å². The molecule has 1 amide bonds. The van der Waals surface area contributed by atoms with Gasteiger partial charge in [-0.1, -0.05) is 18.2 Å². The molecule has 0 spiro atoms. The van der Waals surface area contributed by atoms with Crippen molar-refractivity contribution in [1.82, 2.24) is 25.0 Å². The molecule has 0 N–H and O–H groups in total. The van der Waals surface area contributed by atoms with Crippen LogP contribution in [-0.2, 0) is 0 Å². The Bertz CT molecular complexity index is 798. The number of para-hydroxylation sites is 1. The van der Waals surface area contributed by atoms with Crippen LogP contribution in [0, 0.1) is 6.92 Å². The van der Waals surface area contributed by atoms with Gasteiger partial charge in [0.25, 0.3) is 5.91 Å². The van der Waals surface area contributed by atoms with Crippen LogP contribution in [0.3, 0.4) is 0 Å². The summed E-state index contributed by atoms with van der Waals surface area (Å²) in [7, 11) is 0. The lowest BCUT2D eigenvalue weighted by atomic mass is 10.1. The van der Waals surface area contributed by atoms with Crippen molar-refractivity contribution in [1.29, 1.82) is 0 Å². The minimum Gasteiger partial charge on any atom is -0.307 e. The fourth-order valence-corrected chi connectivity index (χ4v) is 2.32. The first-order chi connectivity index (χ1) is 11.2. The summed E-state index contributed by atoms with van der Waals surface area (Å²) in [5.74, 6) is 0.331. The molecule has 0 unspecified atom stereocenters. The van der Waals surface area contributed by atoms with E-state index in [1.54, 1.807) is 17.0 Å². The maximum atomic E-state index is 12.7. The second kappa shape index (κ2) is 6.35. The number of benzene rings is 1. The number of nitrogens with zero attached hydrogens (tertiary/aromatic N) is 6. The number of rotatable bonds is 4. The molecule has 0 aliphatic rings. The Morgan fingerprint density at radius 1 is 1.17 bits per heavy atom. The molecule has 0 atom stereocenters. The first kappa shape index (κ1) is 14.8. The number of anilines is 1. The van der Waals surface area contributed by atoms with Crippen LogP contribution in [0.2, 0.25) is 0 Å². The molecule has 1 aromatic carbocycles. The maximum absolute atomic E-state index is 12.7. The van der Waals surface area contributed by atoms with Crippen molar-refractivity contribution in [2.45, 2.75) is 13.8 Å². The SMILES string of the molecule is CCN(C(=O)c1ccc(-n2cncn2)nn1)c1ccccc1C. The maximum Gasteiger partial charge on any atom is 0.278 e. The number of carbonyl (C=O) groups is 1. The van der Waals surface area contributed by atoms with E-state index in [2.05, 4.69) is 20.3 Å². The van der Waals surface area contributed by atoms with Crippen LogP contribution in [0.4, 0.5) is 5.69 Å². The highest BCUT2D eigenvalue weighted by Crippen LogP contribution is 2.20. The van der Waals surface area contributed by atoms with Crippen LogP contribution >= 0.6 is 0 Å². The van der Waals surface area contributed by atoms with Crippen molar-refractivity contribution in [3.05, 3.63) is 60.3 Å². The summed E-state index contributed by atoms with van der Waals surface area (Å²) in [6.45, 7) is 4.46. The average molecular weight is 308 g/mol. The fraction of sp³-hybridized carbons (Fsp3) is 0.188. The zero-order valence-electron chi connectivity index (χ0n) is 12.9. The van der Waals surface area contributed by atoms with Gasteiger partial charge in [-0.15, -0.1) is 10.2 Å². The molecule has 0 fully saturated rings. The molecule has 0 saturated carbocycles. The average Bonchev–Trinajstić information content (AvgIpc) is 3.12. The van der Waals surface area contributed by atoms with E-state index in [1.165, 1.54) is 17.3 Å². The smallest absolute Gasteiger partial charge is 0.278 e. The first-order valence-electron chi connectivity index (χ1n) is 7.27. The predicted molar refractivity (Wildman–Crippen MR) is 85.5 cm³/mol. The van der Waals surface area contributed by atoms with Crippen LogP contribution in [0.5, 0.6) is 0 Å². The van der Waals surface area contributed by atoms with Crippen LogP contribution in [0.1, 0.15) is 23.0 Å². The van der Waals surface area contributed by atoms with Crippen molar-refractivity contribution in [2.24, 2.45) is 0 Å². The molecule has 0 aliphatic heterocycles. The predicted octanol–water partition coefficient (Wildman–Crippen LogP) is 2.03. The zero-order chi connectivity index (χ0) is 16.2. The van der Waals surface area contributed by atoms with E-state index < -0.39 is 0 Å². The molecular formula is C16H16N6O. The quantitative estimate of drug-likeness (QED) is 0.737. The van der Waals surface area contributed by atoms with Gasteiger partial charge < -0.3 is 4.90 Å². The number of amides is 1. The van der Waals surface area contributed by atoms with Gasteiger partial charge >= 0.3 is 0 Å².